The molecule has 0 aliphatic rings. The van der Waals surface area contributed by atoms with Crippen molar-refractivity contribution in [2.45, 2.75) is 25.3 Å². The molecule has 2 aromatic rings. The minimum Gasteiger partial charge on any atom is -0.327 e. The van der Waals surface area contributed by atoms with Gasteiger partial charge in [-0.05, 0) is 55.5 Å². The fourth-order valence-electron chi connectivity index (χ4n) is 2.22. The number of hydrogen-bond donors (Lipinski definition) is 0. The van der Waals surface area contributed by atoms with Gasteiger partial charge < -0.3 is 9.47 Å². The summed E-state index contributed by atoms with van der Waals surface area (Å²) < 4.78 is 16.1. The average Bonchev–Trinajstić information content (AvgIpc) is 2.72. The fourth-order valence-corrected chi connectivity index (χ4v) is 2.75. The van der Waals surface area contributed by atoms with E-state index in [9.17, 15) is 4.39 Å². The molecule has 110 valence electrons. The van der Waals surface area contributed by atoms with Crippen molar-refractivity contribution >= 4 is 38.6 Å². The SMILES string of the molecule is CN(C)CCCCn1c(CCl)nc2cc(F)c(Br)cc21. The molecule has 0 unspecified atom stereocenters. The molecule has 3 nitrogen and oxygen atoms in total. The largest absolute Gasteiger partial charge is 0.327 e. The third-order valence-corrected chi connectivity index (χ3v) is 4.07. The monoisotopic (exact) mass is 361 g/mol. The van der Waals surface area contributed by atoms with Gasteiger partial charge in [0.15, 0.2) is 0 Å². The molecule has 20 heavy (non-hydrogen) atoms. The summed E-state index contributed by atoms with van der Waals surface area (Å²) in [6, 6.07) is 3.23. The summed E-state index contributed by atoms with van der Waals surface area (Å²) in [4.78, 5) is 6.57. The van der Waals surface area contributed by atoms with Crippen LogP contribution in [-0.2, 0) is 12.4 Å². The number of alkyl halides is 1. The number of unbranched alkanes of at least 4 members (excludes halogenated alkanes) is 1. The van der Waals surface area contributed by atoms with Crippen molar-refractivity contribution in [3.63, 3.8) is 0 Å². The number of benzene rings is 1. The first kappa shape index (κ1) is 15.7. The van der Waals surface area contributed by atoms with E-state index in [4.69, 9.17) is 11.6 Å². The Balaban J connectivity index is 2.23. The van der Waals surface area contributed by atoms with Crippen molar-refractivity contribution in [2.24, 2.45) is 0 Å². The molecule has 0 aliphatic heterocycles. The Bertz CT molecular complexity index is 598. The molecule has 2 rings (SSSR count). The van der Waals surface area contributed by atoms with Gasteiger partial charge in [-0.1, -0.05) is 0 Å². The summed E-state index contributed by atoms with van der Waals surface area (Å²) >= 11 is 9.18. The molecule has 0 fully saturated rings. The molecule has 0 aliphatic carbocycles. The van der Waals surface area contributed by atoms with Crippen molar-refractivity contribution < 1.29 is 4.39 Å². The zero-order chi connectivity index (χ0) is 14.7. The minimum absolute atomic E-state index is 0.295. The van der Waals surface area contributed by atoms with E-state index >= 15 is 0 Å². The Morgan fingerprint density at radius 1 is 1.35 bits per heavy atom. The highest BCUT2D eigenvalue weighted by Gasteiger charge is 2.12. The van der Waals surface area contributed by atoms with Crippen molar-refractivity contribution in [3.05, 3.63) is 28.2 Å². The lowest BCUT2D eigenvalue weighted by Crippen LogP contribution is -2.13. The molecule has 6 heteroatoms. The van der Waals surface area contributed by atoms with Gasteiger partial charge in [-0.2, -0.15) is 0 Å². The molecule has 0 radical (unpaired) electrons. The Hall–Kier alpha value is -0.650. The first-order valence-corrected chi connectivity index (χ1v) is 7.90. The highest BCUT2D eigenvalue weighted by Crippen LogP contribution is 2.25. The number of aryl methyl sites for hydroxylation is 1. The van der Waals surface area contributed by atoms with Crippen LogP contribution in [0.3, 0.4) is 0 Å². The standard InChI is InChI=1S/C14H18BrClFN3/c1-19(2)5-3-4-6-20-13-7-10(15)11(17)8-12(13)18-14(20)9-16/h7-8H,3-6,9H2,1-2H3. The quantitative estimate of drug-likeness (QED) is 0.572. The smallest absolute Gasteiger partial charge is 0.139 e. The molecule has 0 amide bonds. The normalized spacial score (nSPS) is 11.7. The summed E-state index contributed by atoms with van der Waals surface area (Å²) in [6.07, 6.45) is 2.15. The molecule has 0 saturated carbocycles. The molecule has 1 aromatic heterocycles. The van der Waals surface area contributed by atoms with Gasteiger partial charge >= 0.3 is 0 Å². The van der Waals surface area contributed by atoms with Gasteiger partial charge in [0.2, 0.25) is 0 Å². The van der Waals surface area contributed by atoms with Gasteiger partial charge in [0, 0.05) is 12.6 Å². The number of aromatic nitrogens is 2. The molecular weight excluding hydrogens is 345 g/mol. The second-order valence-corrected chi connectivity index (χ2v) is 6.20. The predicted octanol–water partition coefficient (Wildman–Crippen LogP) is 4.02. The lowest BCUT2D eigenvalue weighted by atomic mass is 10.2. The van der Waals surface area contributed by atoms with Crippen LogP contribution in [0.2, 0.25) is 0 Å². The molecule has 0 bridgehead atoms. The number of fused-ring (bicyclic) bond motifs is 1. The number of imidazole rings is 1. The van der Waals surface area contributed by atoms with Crippen molar-refractivity contribution in [1.29, 1.82) is 0 Å². The molecule has 0 atom stereocenters. The summed E-state index contributed by atoms with van der Waals surface area (Å²) in [6.45, 7) is 1.91. The highest BCUT2D eigenvalue weighted by atomic mass is 79.9. The summed E-state index contributed by atoms with van der Waals surface area (Å²) in [5, 5.41) is 0. The van der Waals surface area contributed by atoms with E-state index in [1.807, 2.05) is 0 Å². The van der Waals surface area contributed by atoms with E-state index in [-0.39, 0.29) is 5.82 Å². The molecule has 0 saturated heterocycles. The van der Waals surface area contributed by atoms with Gasteiger partial charge in [0.25, 0.3) is 0 Å². The number of hydrogen-bond acceptors (Lipinski definition) is 2. The molecule has 1 aromatic carbocycles. The number of halogens is 3. The van der Waals surface area contributed by atoms with E-state index in [1.165, 1.54) is 6.07 Å². The van der Waals surface area contributed by atoms with E-state index < -0.39 is 0 Å². The Kier molecular flexibility index (Phi) is 5.41. The van der Waals surface area contributed by atoms with Crippen LogP contribution in [0.1, 0.15) is 18.7 Å². The van der Waals surface area contributed by atoms with E-state index in [0.29, 0.717) is 15.9 Å². The molecular formula is C14H18BrClFN3. The van der Waals surface area contributed by atoms with Crippen molar-refractivity contribution in [3.8, 4) is 0 Å². The van der Waals surface area contributed by atoms with Crippen LogP contribution in [0.15, 0.2) is 16.6 Å². The zero-order valence-electron chi connectivity index (χ0n) is 11.7. The van der Waals surface area contributed by atoms with Crippen LogP contribution >= 0.6 is 27.5 Å². The lowest BCUT2D eigenvalue weighted by Gasteiger charge is -2.11. The number of rotatable bonds is 6. The average molecular weight is 363 g/mol. The highest BCUT2D eigenvalue weighted by molar-refractivity contribution is 9.10. The predicted molar refractivity (Wildman–Crippen MR) is 84.7 cm³/mol. The maximum absolute atomic E-state index is 13.6. The van der Waals surface area contributed by atoms with E-state index in [1.54, 1.807) is 6.07 Å². The number of nitrogens with zero attached hydrogens (tertiary/aromatic N) is 3. The fraction of sp³-hybridized carbons (Fsp3) is 0.500. The van der Waals surface area contributed by atoms with Crippen molar-refractivity contribution in [1.82, 2.24) is 14.5 Å². The van der Waals surface area contributed by atoms with Crippen LogP contribution < -0.4 is 0 Å². The molecule has 1 heterocycles. The minimum atomic E-state index is -0.295. The second kappa shape index (κ2) is 6.87. The third kappa shape index (κ3) is 3.51. The van der Waals surface area contributed by atoms with E-state index in [2.05, 4.69) is 44.5 Å². The second-order valence-electron chi connectivity index (χ2n) is 5.08. The summed E-state index contributed by atoms with van der Waals surface area (Å²) in [7, 11) is 4.13. The van der Waals surface area contributed by atoms with Crippen molar-refractivity contribution in [2.75, 3.05) is 20.6 Å². The van der Waals surface area contributed by atoms with Gasteiger partial charge in [-0.3, -0.25) is 0 Å². The first-order valence-electron chi connectivity index (χ1n) is 6.57. The molecule has 0 N–H and O–H groups in total. The Labute approximate surface area is 131 Å². The Morgan fingerprint density at radius 2 is 2.10 bits per heavy atom. The topological polar surface area (TPSA) is 21.1 Å². The summed E-state index contributed by atoms with van der Waals surface area (Å²) in [5.74, 6) is 0.835. The molecule has 0 spiro atoms. The zero-order valence-corrected chi connectivity index (χ0v) is 14.0. The van der Waals surface area contributed by atoms with Gasteiger partial charge in [-0.25, -0.2) is 9.37 Å². The maximum Gasteiger partial charge on any atom is 0.139 e. The van der Waals surface area contributed by atoms with Crippen LogP contribution in [-0.4, -0.2) is 35.1 Å². The lowest BCUT2D eigenvalue weighted by molar-refractivity contribution is 0.388. The summed E-state index contributed by atoms with van der Waals surface area (Å²) in [5.41, 5.74) is 1.59. The van der Waals surface area contributed by atoms with Crippen LogP contribution in [0, 0.1) is 5.82 Å². The van der Waals surface area contributed by atoms with Gasteiger partial charge in [0.1, 0.15) is 11.6 Å². The first-order chi connectivity index (χ1) is 9.52. The van der Waals surface area contributed by atoms with Crippen LogP contribution in [0.5, 0.6) is 0 Å². The maximum atomic E-state index is 13.6. The third-order valence-electron chi connectivity index (χ3n) is 3.23. The van der Waals surface area contributed by atoms with Gasteiger partial charge in [-0.15, -0.1) is 11.6 Å². The van der Waals surface area contributed by atoms with Gasteiger partial charge in [0.05, 0.1) is 21.4 Å². The van der Waals surface area contributed by atoms with E-state index in [0.717, 1.165) is 37.3 Å². The van der Waals surface area contributed by atoms with Crippen LogP contribution in [0.25, 0.3) is 11.0 Å². The Morgan fingerprint density at radius 3 is 2.75 bits per heavy atom. The van der Waals surface area contributed by atoms with Crippen LogP contribution in [0.4, 0.5) is 4.39 Å².